The summed E-state index contributed by atoms with van der Waals surface area (Å²) >= 11 is 5.14. The molecule has 0 unspecified atom stereocenters. The molecule has 1 heterocycles. The summed E-state index contributed by atoms with van der Waals surface area (Å²) in [4.78, 5) is 0. The second kappa shape index (κ2) is 8.30. The highest BCUT2D eigenvalue weighted by atomic mass is 32.1. The number of thiocarbonyl (C=S) groups is 1. The summed E-state index contributed by atoms with van der Waals surface area (Å²) in [5.74, 6) is 0.527. The molecule has 0 atom stereocenters. The molecular weight excluding hydrogens is 353 g/mol. The third-order valence-corrected chi connectivity index (χ3v) is 3.65. The number of alkyl halides is 3. The van der Waals surface area contributed by atoms with Crippen LogP contribution in [0.1, 0.15) is 16.8 Å². The van der Waals surface area contributed by atoms with E-state index < -0.39 is 11.7 Å². The van der Waals surface area contributed by atoms with Crippen LogP contribution in [-0.2, 0) is 17.5 Å². The summed E-state index contributed by atoms with van der Waals surface area (Å²) in [6, 6.07) is 6.99. The standard InChI is InChI=1S/C16H19F3N4OS/c1-11-8-14(21-15(25)20-6-7-24-2)22-23(11)10-12-4-3-5-13(9-12)16(17,18)19/h3-5,8-9H,6-7,10H2,1-2H3,(H2,20,21,22,25). The van der Waals surface area contributed by atoms with E-state index in [1.54, 1.807) is 23.9 Å². The lowest BCUT2D eigenvalue weighted by molar-refractivity contribution is -0.137. The van der Waals surface area contributed by atoms with Crippen molar-refractivity contribution in [2.24, 2.45) is 0 Å². The number of halogens is 3. The number of anilines is 1. The molecule has 0 spiro atoms. The molecule has 0 aliphatic carbocycles. The maximum atomic E-state index is 12.8. The van der Waals surface area contributed by atoms with E-state index in [1.165, 1.54) is 6.07 Å². The van der Waals surface area contributed by atoms with Crippen LogP contribution in [0.5, 0.6) is 0 Å². The minimum absolute atomic E-state index is 0.237. The zero-order chi connectivity index (χ0) is 18.4. The van der Waals surface area contributed by atoms with Gasteiger partial charge in [0.05, 0.1) is 18.7 Å². The number of aromatic nitrogens is 2. The second-order valence-electron chi connectivity index (χ2n) is 5.40. The average Bonchev–Trinajstić information content (AvgIpc) is 2.86. The van der Waals surface area contributed by atoms with Crippen LogP contribution >= 0.6 is 12.2 Å². The van der Waals surface area contributed by atoms with E-state index >= 15 is 0 Å². The molecule has 0 radical (unpaired) electrons. The van der Waals surface area contributed by atoms with Gasteiger partial charge in [0.15, 0.2) is 10.9 Å². The molecule has 0 aliphatic heterocycles. The Kier molecular flexibility index (Phi) is 6.38. The van der Waals surface area contributed by atoms with Gasteiger partial charge in [-0.1, -0.05) is 12.1 Å². The van der Waals surface area contributed by atoms with E-state index in [9.17, 15) is 13.2 Å². The highest BCUT2D eigenvalue weighted by Crippen LogP contribution is 2.29. The van der Waals surface area contributed by atoms with E-state index in [1.807, 2.05) is 6.92 Å². The Morgan fingerprint density at radius 3 is 2.76 bits per heavy atom. The van der Waals surface area contributed by atoms with Crippen molar-refractivity contribution in [1.82, 2.24) is 15.1 Å². The number of nitrogens with zero attached hydrogens (tertiary/aromatic N) is 2. The number of benzene rings is 1. The van der Waals surface area contributed by atoms with Crippen molar-refractivity contribution in [1.29, 1.82) is 0 Å². The molecule has 0 saturated heterocycles. The van der Waals surface area contributed by atoms with Gasteiger partial charge in [-0.15, -0.1) is 0 Å². The molecule has 136 valence electrons. The molecule has 25 heavy (non-hydrogen) atoms. The Hall–Kier alpha value is -2.13. The van der Waals surface area contributed by atoms with E-state index in [4.69, 9.17) is 17.0 Å². The van der Waals surface area contributed by atoms with Crippen molar-refractivity contribution < 1.29 is 17.9 Å². The van der Waals surface area contributed by atoms with Crippen LogP contribution < -0.4 is 10.6 Å². The summed E-state index contributed by atoms with van der Waals surface area (Å²) in [5, 5.41) is 10.6. The first kappa shape index (κ1) is 19.2. The van der Waals surface area contributed by atoms with Crippen molar-refractivity contribution in [2.75, 3.05) is 25.6 Å². The van der Waals surface area contributed by atoms with Crippen LogP contribution in [0.15, 0.2) is 30.3 Å². The fraction of sp³-hybridized carbons (Fsp3) is 0.375. The molecule has 0 amide bonds. The highest BCUT2D eigenvalue weighted by Gasteiger charge is 2.30. The average molecular weight is 372 g/mol. The van der Waals surface area contributed by atoms with Gasteiger partial charge in [0.25, 0.3) is 0 Å². The first-order chi connectivity index (χ1) is 11.8. The second-order valence-corrected chi connectivity index (χ2v) is 5.81. The number of rotatable bonds is 6. The summed E-state index contributed by atoms with van der Waals surface area (Å²) in [6.45, 7) is 3.14. The maximum absolute atomic E-state index is 12.8. The Morgan fingerprint density at radius 2 is 2.08 bits per heavy atom. The molecule has 5 nitrogen and oxygen atoms in total. The Labute approximate surface area is 149 Å². The molecule has 0 aliphatic rings. The van der Waals surface area contributed by atoms with Gasteiger partial charge >= 0.3 is 6.18 Å². The third kappa shape index (κ3) is 5.71. The Bertz CT molecular complexity index is 730. The highest BCUT2D eigenvalue weighted by molar-refractivity contribution is 7.80. The summed E-state index contributed by atoms with van der Waals surface area (Å²) in [5.41, 5.74) is 0.657. The number of aryl methyl sites for hydroxylation is 1. The maximum Gasteiger partial charge on any atom is 0.416 e. The molecule has 2 rings (SSSR count). The molecule has 0 fully saturated rings. The van der Waals surface area contributed by atoms with E-state index in [-0.39, 0.29) is 6.54 Å². The number of hydrogen-bond acceptors (Lipinski definition) is 3. The van der Waals surface area contributed by atoms with Crippen LogP contribution in [0.4, 0.5) is 19.0 Å². The normalized spacial score (nSPS) is 11.4. The van der Waals surface area contributed by atoms with Crippen molar-refractivity contribution in [3.8, 4) is 0 Å². The van der Waals surface area contributed by atoms with Gasteiger partial charge in [0.1, 0.15) is 0 Å². The summed E-state index contributed by atoms with van der Waals surface area (Å²) in [6.07, 6.45) is -4.36. The molecule has 0 bridgehead atoms. The van der Waals surface area contributed by atoms with E-state index in [2.05, 4.69) is 15.7 Å². The Balaban J connectivity index is 2.04. The number of hydrogen-bond donors (Lipinski definition) is 2. The van der Waals surface area contributed by atoms with Crippen LogP contribution in [0.3, 0.4) is 0 Å². The molecule has 9 heteroatoms. The number of methoxy groups -OCH3 is 1. The lowest BCUT2D eigenvalue weighted by Gasteiger charge is -2.10. The van der Waals surface area contributed by atoms with E-state index in [0.717, 1.165) is 17.8 Å². The van der Waals surface area contributed by atoms with Crippen molar-refractivity contribution >= 4 is 23.1 Å². The first-order valence-corrected chi connectivity index (χ1v) is 7.95. The minimum Gasteiger partial charge on any atom is -0.383 e. The third-order valence-electron chi connectivity index (χ3n) is 3.40. The van der Waals surface area contributed by atoms with Gasteiger partial charge in [-0.25, -0.2) is 0 Å². The van der Waals surface area contributed by atoms with Crippen LogP contribution in [0.25, 0.3) is 0 Å². The fourth-order valence-corrected chi connectivity index (χ4v) is 2.38. The SMILES string of the molecule is COCCNC(=S)Nc1cc(C)n(Cc2cccc(C(F)(F)F)c2)n1. The molecule has 1 aromatic carbocycles. The molecule has 2 aromatic rings. The van der Waals surface area contributed by atoms with Gasteiger partial charge in [-0.2, -0.15) is 18.3 Å². The minimum atomic E-state index is -4.36. The number of nitrogens with one attached hydrogen (secondary N) is 2. The van der Waals surface area contributed by atoms with Gasteiger partial charge in [-0.05, 0) is 36.8 Å². The first-order valence-electron chi connectivity index (χ1n) is 7.54. The predicted octanol–water partition coefficient (Wildman–Crippen LogP) is 3.19. The van der Waals surface area contributed by atoms with Crippen molar-refractivity contribution in [3.05, 3.63) is 47.2 Å². The van der Waals surface area contributed by atoms with E-state index in [0.29, 0.717) is 29.6 Å². The topological polar surface area (TPSA) is 51.1 Å². The monoisotopic (exact) mass is 372 g/mol. The molecule has 1 aromatic heterocycles. The molecule has 0 saturated carbocycles. The van der Waals surface area contributed by atoms with Crippen LogP contribution in [0, 0.1) is 6.92 Å². The zero-order valence-corrected chi connectivity index (χ0v) is 14.7. The van der Waals surface area contributed by atoms with Gasteiger partial charge < -0.3 is 15.4 Å². The summed E-state index contributed by atoms with van der Waals surface area (Å²) < 4.78 is 44.9. The lowest BCUT2D eigenvalue weighted by atomic mass is 10.1. The lowest BCUT2D eigenvalue weighted by Crippen LogP contribution is -2.31. The van der Waals surface area contributed by atoms with Gasteiger partial charge in [-0.3, -0.25) is 4.68 Å². The zero-order valence-electron chi connectivity index (χ0n) is 13.9. The quantitative estimate of drug-likeness (QED) is 0.603. The van der Waals surface area contributed by atoms with Crippen LogP contribution in [0.2, 0.25) is 0 Å². The largest absolute Gasteiger partial charge is 0.416 e. The van der Waals surface area contributed by atoms with Gasteiger partial charge in [0, 0.05) is 25.4 Å². The smallest absolute Gasteiger partial charge is 0.383 e. The molecular formula is C16H19F3N4OS. The molecule has 2 N–H and O–H groups in total. The summed E-state index contributed by atoms with van der Waals surface area (Å²) in [7, 11) is 1.59. The van der Waals surface area contributed by atoms with Crippen molar-refractivity contribution in [3.63, 3.8) is 0 Å². The predicted molar refractivity (Wildman–Crippen MR) is 93.6 cm³/mol. The van der Waals surface area contributed by atoms with Crippen LogP contribution in [-0.4, -0.2) is 35.2 Å². The van der Waals surface area contributed by atoms with Gasteiger partial charge in [0.2, 0.25) is 0 Å². The van der Waals surface area contributed by atoms with Crippen molar-refractivity contribution in [2.45, 2.75) is 19.6 Å². The number of ether oxygens (including phenoxy) is 1. The Morgan fingerprint density at radius 1 is 1.32 bits per heavy atom. The fourth-order valence-electron chi connectivity index (χ4n) is 2.18.